The van der Waals surface area contributed by atoms with Crippen LogP contribution in [0, 0.1) is 0 Å². The number of aromatic nitrogens is 2. The zero-order chi connectivity index (χ0) is 15.5. The van der Waals surface area contributed by atoms with Gasteiger partial charge in [-0.3, -0.25) is 4.79 Å². The average molecular weight is 298 g/mol. The smallest absolute Gasteiger partial charge is 0.285 e. The van der Waals surface area contributed by atoms with E-state index < -0.39 is 17.7 Å². The van der Waals surface area contributed by atoms with E-state index in [0.717, 1.165) is 0 Å². The second-order valence-corrected chi connectivity index (χ2v) is 4.71. The number of nitrogens with zero attached hydrogens (tertiary/aromatic N) is 1. The molecule has 0 aliphatic carbocycles. The molecule has 110 valence electrons. The van der Waals surface area contributed by atoms with E-state index in [2.05, 4.69) is 9.97 Å². The van der Waals surface area contributed by atoms with Crippen LogP contribution in [0.25, 0.3) is 22.5 Å². The van der Waals surface area contributed by atoms with E-state index in [1.165, 1.54) is 0 Å². The first-order chi connectivity index (χ1) is 10.7. The molecule has 0 aliphatic rings. The van der Waals surface area contributed by atoms with Crippen LogP contribution in [0.1, 0.15) is 12.1 Å². The van der Waals surface area contributed by atoms with Crippen LogP contribution in [0.15, 0.2) is 65.5 Å². The number of alkyl halides is 2. The largest absolute Gasteiger partial charge is 0.318 e. The fourth-order valence-electron chi connectivity index (χ4n) is 2.23. The van der Waals surface area contributed by atoms with E-state index in [4.69, 9.17) is 0 Å². The maximum absolute atomic E-state index is 13.0. The van der Waals surface area contributed by atoms with Crippen LogP contribution < -0.4 is 5.56 Å². The second kappa shape index (κ2) is 5.89. The van der Waals surface area contributed by atoms with Gasteiger partial charge in [-0.15, -0.1) is 0 Å². The standard InChI is InChI=1S/C17H12F2N2O/c18-16(19)15-17(22)21-14(12-9-5-2-6-10-12)13(20-15)11-7-3-1-4-8-11/h1-10,16H,(H,21,22). The molecule has 0 spiro atoms. The van der Waals surface area contributed by atoms with Crippen molar-refractivity contribution in [1.29, 1.82) is 0 Å². The molecule has 1 aromatic heterocycles. The molecule has 0 unspecified atom stereocenters. The quantitative estimate of drug-likeness (QED) is 0.793. The molecule has 0 radical (unpaired) electrons. The third-order valence-electron chi connectivity index (χ3n) is 3.26. The molecule has 3 rings (SSSR count). The number of H-pyrrole nitrogens is 1. The van der Waals surface area contributed by atoms with Crippen molar-refractivity contribution in [2.45, 2.75) is 6.43 Å². The number of aromatic amines is 1. The van der Waals surface area contributed by atoms with Crippen molar-refractivity contribution in [3.05, 3.63) is 76.7 Å². The first-order valence-corrected chi connectivity index (χ1v) is 6.70. The van der Waals surface area contributed by atoms with Crippen LogP contribution in [0.2, 0.25) is 0 Å². The molecule has 1 heterocycles. The van der Waals surface area contributed by atoms with Crippen LogP contribution in [0.5, 0.6) is 0 Å². The van der Waals surface area contributed by atoms with E-state index in [9.17, 15) is 13.6 Å². The highest BCUT2D eigenvalue weighted by Gasteiger charge is 2.19. The van der Waals surface area contributed by atoms with Gasteiger partial charge in [0, 0.05) is 11.1 Å². The third-order valence-corrected chi connectivity index (χ3v) is 3.26. The van der Waals surface area contributed by atoms with Crippen molar-refractivity contribution in [2.75, 3.05) is 0 Å². The maximum Gasteiger partial charge on any atom is 0.285 e. The molecule has 2 aromatic carbocycles. The van der Waals surface area contributed by atoms with Crippen LogP contribution in [-0.2, 0) is 0 Å². The number of hydrogen-bond acceptors (Lipinski definition) is 2. The molecule has 3 aromatic rings. The normalized spacial score (nSPS) is 10.9. The van der Waals surface area contributed by atoms with E-state index in [1.54, 1.807) is 36.4 Å². The van der Waals surface area contributed by atoms with Crippen molar-refractivity contribution in [3.8, 4) is 22.5 Å². The molecule has 0 saturated heterocycles. The molecule has 0 atom stereocenters. The Hall–Kier alpha value is -2.82. The zero-order valence-corrected chi connectivity index (χ0v) is 11.5. The van der Waals surface area contributed by atoms with Gasteiger partial charge >= 0.3 is 0 Å². The fraction of sp³-hybridized carbons (Fsp3) is 0.0588. The number of halogens is 2. The molecule has 0 fully saturated rings. The lowest BCUT2D eigenvalue weighted by Gasteiger charge is -2.11. The predicted molar refractivity (Wildman–Crippen MR) is 80.7 cm³/mol. The molecular weight excluding hydrogens is 286 g/mol. The summed E-state index contributed by atoms with van der Waals surface area (Å²) in [7, 11) is 0. The van der Waals surface area contributed by atoms with E-state index >= 15 is 0 Å². The second-order valence-electron chi connectivity index (χ2n) is 4.71. The van der Waals surface area contributed by atoms with E-state index in [1.807, 2.05) is 24.3 Å². The van der Waals surface area contributed by atoms with Crippen LogP contribution in [0.3, 0.4) is 0 Å². The van der Waals surface area contributed by atoms with Gasteiger partial charge < -0.3 is 4.98 Å². The highest BCUT2D eigenvalue weighted by atomic mass is 19.3. The molecule has 3 nitrogen and oxygen atoms in total. The van der Waals surface area contributed by atoms with Crippen LogP contribution >= 0.6 is 0 Å². The van der Waals surface area contributed by atoms with Gasteiger partial charge in [0.25, 0.3) is 12.0 Å². The number of hydrogen-bond donors (Lipinski definition) is 1. The number of rotatable bonds is 3. The molecular formula is C17H12F2N2O. The minimum atomic E-state index is -2.92. The Morgan fingerprint density at radius 1 is 0.864 bits per heavy atom. The van der Waals surface area contributed by atoms with Gasteiger partial charge in [0.1, 0.15) is 0 Å². The number of nitrogens with one attached hydrogen (secondary N) is 1. The van der Waals surface area contributed by atoms with Crippen molar-refractivity contribution >= 4 is 0 Å². The average Bonchev–Trinajstić information content (AvgIpc) is 2.56. The molecule has 0 bridgehead atoms. The predicted octanol–water partition coefficient (Wildman–Crippen LogP) is 4.04. The van der Waals surface area contributed by atoms with Crippen LogP contribution in [0.4, 0.5) is 8.78 Å². The number of benzene rings is 2. The summed E-state index contributed by atoms with van der Waals surface area (Å²) >= 11 is 0. The third kappa shape index (κ3) is 2.65. The van der Waals surface area contributed by atoms with Crippen molar-refractivity contribution in [3.63, 3.8) is 0 Å². The Labute approximate surface area is 125 Å². The zero-order valence-electron chi connectivity index (χ0n) is 11.5. The summed E-state index contributed by atoms with van der Waals surface area (Å²) in [6.07, 6.45) is -2.92. The lowest BCUT2D eigenvalue weighted by Crippen LogP contribution is -2.17. The van der Waals surface area contributed by atoms with Gasteiger partial charge in [-0.05, 0) is 0 Å². The summed E-state index contributed by atoms with van der Waals surface area (Å²) in [5.74, 6) is 0. The summed E-state index contributed by atoms with van der Waals surface area (Å²) in [5.41, 5.74) is 0.515. The van der Waals surface area contributed by atoms with Gasteiger partial charge in [0.05, 0.1) is 11.4 Å². The lowest BCUT2D eigenvalue weighted by atomic mass is 10.0. The topological polar surface area (TPSA) is 45.8 Å². The van der Waals surface area contributed by atoms with Gasteiger partial charge in [0.2, 0.25) is 0 Å². The van der Waals surface area contributed by atoms with Gasteiger partial charge in [0.15, 0.2) is 5.69 Å². The first kappa shape index (κ1) is 14.1. The van der Waals surface area contributed by atoms with Crippen molar-refractivity contribution < 1.29 is 8.78 Å². The Morgan fingerprint density at radius 2 is 1.41 bits per heavy atom. The summed E-state index contributed by atoms with van der Waals surface area (Å²) in [6, 6.07) is 18.0. The molecule has 5 heteroatoms. The maximum atomic E-state index is 13.0. The van der Waals surface area contributed by atoms with E-state index in [-0.39, 0.29) is 0 Å². The first-order valence-electron chi connectivity index (χ1n) is 6.70. The summed E-state index contributed by atoms with van der Waals surface area (Å²) in [5, 5.41) is 0. The molecule has 0 amide bonds. The Kier molecular flexibility index (Phi) is 3.78. The van der Waals surface area contributed by atoms with E-state index in [0.29, 0.717) is 22.5 Å². The van der Waals surface area contributed by atoms with Gasteiger partial charge in [-0.2, -0.15) is 0 Å². The van der Waals surface area contributed by atoms with Gasteiger partial charge in [-0.1, -0.05) is 60.7 Å². The minimum absolute atomic E-state index is 0.335. The lowest BCUT2D eigenvalue weighted by molar-refractivity contribution is 0.144. The summed E-state index contributed by atoms with van der Waals surface area (Å²) < 4.78 is 26.0. The molecule has 0 aliphatic heterocycles. The summed E-state index contributed by atoms with van der Waals surface area (Å²) in [6.45, 7) is 0. The highest BCUT2D eigenvalue weighted by molar-refractivity contribution is 5.77. The summed E-state index contributed by atoms with van der Waals surface area (Å²) in [4.78, 5) is 18.3. The molecule has 1 N–H and O–H groups in total. The van der Waals surface area contributed by atoms with Gasteiger partial charge in [-0.25, -0.2) is 13.8 Å². The minimum Gasteiger partial charge on any atom is -0.318 e. The molecule has 0 saturated carbocycles. The van der Waals surface area contributed by atoms with Crippen molar-refractivity contribution in [1.82, 2.24) is 9.97 Å². The molecule has 22 heavy (non-hydrogen) atoms. The SMILES string of the molecule is O=c1[nH]c(-c2ccccc2)c(-c2ccccc2)nc1C(F)F. The monoisotopic (exact) mass is 298 g/mol. The Morgan fingerprint density at radius 3 is 1.95 bits per heavy atom. The Balaban J connectivity index is 2.29. The van der Waals surface area contributed by atoms with Crippen LogP contribution in [-0.4, -0.2) is 9.97 Å². The highest BCUT2D eigenvalue weighted by Crippen LogP contribution is 2.29. The Bertz CT molecular complexity index is 830. The van der Waals surface area contributed by atoms with Crippen molar-refractivity contribution in [2.24, 2.45) is 0 Å². The fourth-order valence-corrected chi connectivity index (χ4v) is 2.23.